The number of nitrogens with zero attached hydrogens (tertiary/aromatic N) is 2. The van der Waals surface area contributed by atoms with E-state index in [0.29, 0.717) is 18.8 Å². The maximum atomic E-state index is 15.3. The topological polar surface area (TPSA) is 134 Å². The molecular formula is C23H36FN5O5. The Balaban J connectivity index is 2.48. The van der Waals surface area contributed by atoms with Crippen LogP contribution in [0.2, 0.25) is 0 Å². The third-order valence-electron chi connectivity index (χ3n) is 5.80. The van der Waals surface area contributed by atoms with Gasteiger partial charge >= 0.3 is 12.2 Å². The number of anilines is 2. The summed E-state index contributed by atoms with van der Waals surface area (Å²) < 4.78 is 15.3. The smallest absolute Gasteiger partial charge is 0.411 e. The van der Waals surface area contributed by atoms with E-state index in [4.69, 9.17) is 0 Å². The number of nitrogens with one attached hydrogen (secondary N) is 3. The Morgan fingerprint density at radius 2 is 1.74 bits per heavy atom. The molecule has 3 amide bonds. The van der Waals surface area contributed by atoms with E-state index in [1.165, 1.54) is 19.1 Å². The molecular weight excluding hydrogens is 445 g/mol. The van der Waals surface area contributed by atoms with Gasteiger partial charge in [0.1, 0.15) is 5.82 Å². The van der Waals surface area contributed by atoms with Crippen molar-refractivity contribution >= 4 is 29.5 Å². The Morgan fingerprint density at radius 1 is 1.12 bits per heavy atom. The van der Waals surface area contributed by atoms with Crippen molar-refractivity contribution in [2.24, 2.45) is 5.41 Å². The van der Waals surface area contributed by atoms with Gasteiger partial charge in [-0.25, -0.2) is 14.0 Å². The first-order chi connectivity index (χ1) is 15.5. The number of carboxylic acid groups (broad SMARTS) is 2. The predicted molar refractivity (Wildman–Crippen MR) is 127 cm³/mol. The fourth-order valence-electron chi connectivity index (χ4n) is 4.34. The van der Waals surface area contributed by atoms with E-state index in [0.717, 1.165) is 11.3 Å². The van der Waals surface area contributed by atoms with Crippen molar-refractivity contribution in [2.45, 2.75) is 72.3 Å². The minimum atomic E-state index is -1.91. The molecule has 190 valence electrons. The Kier molecular flexibility index (Phi) is 7.59. The molecule has 1 aliphatic heterocycles. The van der Waals surface area contributed by atoms with Gasteiger partial charge in [-0.15, -0.1) is 0 Å². The van der Waals surface area contributed by atoms with Crippen molar-refractivity contribution in [3.63, 3.8) is 0 Å². The summed E-state index contributed by atoms with van der Waals surface area (Å²) in [7, 11) is 0. The summed E-state index contributed by atoms with van der Waals surface area (Å²) in [5.74, 6) is -2.69. The fraction of sp³-hybridized carbons (Fsp3) is 0.609. The number of benzene rings is 1. The highest BCUT2D eigenvalue weighted by atomic mass is 19.1. The number of amides is 3. The van der Waals surface area contributed by atoms with Crippen LogP contribution in [0.3, 0.4) is 0 Å². The van der Waals surface area contributed by atoms with Crippen LogP contribution in [0.4, 0.5) is 25.4 Å². The Morgan fingerprint density at radius 3 is 2.18 bits per heavy atom. The third kappa shape index (κ3) is 5.81. The molecule has 5 N–H and O–H groups in total. The molecule has 0 spiro atoms. The molecule has 0 radical (unpaired) electrons. The number of rotatable bonds is 6. The Bertz CT molecular complexity index is 943. The fourth-order valence-corrected chi connectivity index (χ4v) is 4.34. The first-order valence-corrected chi connectivity index (χ1v) is 11.1. The first-order valence-electron chi connectivity index (χ1n) is 11.1. The van der Waals surface area contributed by atoms with E-state index in [2.05, 4.69) is 16.0 Å². The maximum absolute atomic E-state index is 15.3. The molecule has 11 heteroatoms. The minimum Gasteiger partial charge on any atom is -0.465 e. The van der Waals surface area contributed by atoms with E-state index in [-0.39, 0.29) is 17.6 Å². The van der Waals surface area contributed by atoms with Crippen molar-refractivity contribution < 1.29 is 29.0 Å². The lowest BCUT2D eigenvalue weighted by molar-refractivity contribution is -0.119. The summed E-state index contributed by atoms with van der Waals surface area (Å²) in [5, 5.41) is 27.8. The molecule has 0 bridgehead atoms. The van der Waals surface area contributed by atoms with E-state index >= 15 is 4.39 Å². The van der Waals surface area contributed by atoms with Gasteiger partial charge in [0, 0.05) is 42.7 Å². The van der Waals surface area contributed by atoms with Crippen LogP contribution in [-0.2, 0) is 4.79 Å². The number of carbonyl (C=O) groups is 3. The van der Waals surface area contributed by atoms with Crippen LogP contribution in [0.1, 0.15) is 54.9 Å². The molecule has 34 heavy (non-hydrogen) atoms. The Labute approximate surface area is 199 Å². The summed E-state index contributed by atoms with van der Waals surface area (Å²) in [6.45, 7) is 12.5. The molecule has 1 unspecified atom stereocenters. The zero-order valence-corrected chi connectivity index (χ0v) is 20.8. The number of carbonyl (C=O) groups excluding carboxylic acids is 1. The molecule has 1 aromatic rings. The van der Waals surface area contributed by atoms with Gasteiger partial charge in [-0.05, 0) is 45.4 Å². The normalized spacial score (nSPS) is 18.1. The molecule has 1 saturated heterocycles. The summed E-state index contributed by atoms with van der Waals surface area (Å²) in [6, 6.07) is 4.43. The summed E-state index contributed by atoms with van der Waals surface area (Å²) >= 11 is 0. The van der Waals surface area contributed by atoms with Crippen LogP contribution in [0.5, 0.6) is 0 Å². The lowest BCUT2D eigenvalue weighted by Crippen LogP contribution is -2.76. The highest BCUT2D eigenvalue weighted by Crippen LogP contribution is 2.40. The van der Waals surface area contributed by atoms with Crippen molar-refractivity contribution in [3.8, 4) is 0 Å². The molecule has 1 fully saturated rings. The van der Waals surface area contributed by atoms with E-state index in [1.807, 2.05) is 4.90 Å². The molecule has 1 aromatic carbocycles. The number of halogens is 1. The van der Waals surface area contributed by atoms with Crippen LogP contribution >= 0.6 is 0 Å². The molecule has 0 saturated carbocycles. The SMILES string of the molecule is CC(=O)N[C@@H]1CCN(c2ccc(NC(NC(=O)O)(N(C(=O)O)C(C)(C)C)C(C)(C)C)c(F)c2)C1. The summed E-state index contributed by atoms with van der Waals surface area (Å²) in [6.07, 6.45) is -2.10. The zero-order valence-electron chi connectivity index (χ0n) is 20.8. The Hall–Kier alpha value is -3.24. The van der Waals surface area contributed by atoms with Gasteiger partial charge in [-0.1, -0.05) is 20.8 Å². The summed E-state index contributed by atoms with van der Waals surface area (Å²) in [5.41, 5.74) is -1.53. The highest BCUT2D eigenvalue weighted by molar-refractivity contribution is 5.74. The van der Waals surface area contributed by atoms with Gasteiger partial charge in [0.25, 0.3) is 0 Å². The maximum Gasteiger partial charge on any atom is 0.411 e. The lowest BCUT2D eigenvalue weighted by Gasteiger charge is -2.55. The van der Waals surface area contributed by atoms with Crippen LogP contribution in [0.15, 0.2) is 18.2 Å². The quantitative estimate of drug-likeness (QED) is 0.391. The van der Waals surface area contributed by atoms with Gasteiger partial charge in [-0.2, -0.15) is 0 Å². The predicted octanol–water partition coefficient (Wildman–Crippen LogP) is 3.70. The van der Waals surface area contributed by atoms with Crippen molar-refractivity contribution in [1.29, 1.82) is 0 Å². The van der Waals surface area contributed by atoms with Crippen molar-refractivity contribution in [1.82, 2.24) is 15.5 Å². The zero-order chi connectivity index (χ0) is 26.1. The number of hydrogen-bond donors (Lipinski definition) is 5. The van der Waals surface area contributed by atoms with Crippen molar-refractivity contribution in [3.05, 3.63) is 24.0 Å². The average molecular weight is 482 g/mol. The van der Waals surface area contributed by atoms with Gasteiger partial charge in [0.15, 0.2) is 0 Å². The second-order valence-electron chi connectivity index (χ2n) is 10.6. The molecule has 0 aromatic heterocycles. The standard InChI is InChI=1S/C23H36FN5O5/c1-14(30)25-15-10-11-28(13-15)16-8-9-18(17(24)12-16)26-23(21(2,3)4,27-19(31)32)29(20(33)34)22(5,6)7/h8-9,12,15,26-27H,10-11,13H2,1-7H3,(H,25,30)(H,31,32)(H,33,34)/t15-,23?/m1/s1. The number of hydrogen-bond acceptors (Lipinski definition) is 5. The van der Waals surface area contributed by atoms with E-state index < -0.39 is 34.7 Å². The largest absolute Gasteiger partial charge is 0.465 e. The molecule has 0 aliphatic carbocycles. The molecule has 2 rings (SSSR count). The second kappa shape index (κ2) is 9.55. The van der Waals surface area contributed by atoms with Gasteiger partial charge < -0.3 is 25.7 Å². The van der Waals surface area contributed by atoms with Crippen LogP contribution in [-0.4, -0.2) is 63.7 Å². The lowest BCUT2D eigenvalue weighted by atomic mass is 9.82. The molecule has 10 nitrogen and oxygen atoms in total. The average Bonchev–Trinajstić information content (AvgIpc) is 3.08. The summed E-state index contributed by atoms with van der Waals surface area (Å²) in [4.78, 5) is 38.4. The first kappa shape index (κ1) is 27.0. The van der Waals surface area contributed by atoms with Gasteiger partial charge in [0.2, 0.25) is 11.7 Å². The molecule has 1 aliphatic rings. The molecule has 2 atom stereocenters. The van der Waals surface area contributed by atoms with Crippen LogP contribution < -0.4 is 20.9 Å². The van der Waals surface area contributed by atoms with Gasteiger partial charge in [0.05, 0.1) is 5.69 Å². The second-order valence-corrected chi connectivity index (χ2v) is 10.6. The van der Waals surface area contributed by atoms with Crippen LogP contribution in [0, 0.1) is 11.2 Å². The van der Waals surface area contributed by atoms with Crippen molar-refractivity contribution in [2.75, 3.05) is 23.3 Å². The van der Waals surface area contributed by atoms with Gasteiger partial charge in [-0.3, -0.25) is 15.0 Å². The third-order valence-corrected chi connectivity index (χ3v) is 5.80. The van der Waals surface area contributed by atoms with E-state index in [1.54, 1.807) is 47.6 Å². The minimum absolute atomic E-state index is 0.0254. The molecule has 1 heterocycles. The van der Waals surface area contributed by atoms with Crippen LogP contribution in [0.25, 0.3) is 0 Å². The monoisotopic (exact) mass is 481 g/mol. The van der Waals surface area contributed by atoms with E-state index in [9.17, 15) is 24.6 Å². The highest BCUT2D eigenvalue weighted by Gasteiger charge is 2.55.